The number of carbonyl (C=O) groups is 1. The molecule has 0 unspecified atom stereocenters. The summed E-state index contributed by atoms with van der Waals surface area (Å²) in [6.07, 6.45) is 0.412. The normalized spacial score (nSPS) is 9.86. The zero-order valence-corrected chi connectivity index (χ0v) is 10.1. The van der Waals surface area contributed by atoms with E-state index in [1.807, 2.05) is 24.3 Å². The van der Waals surface area contributed by atoms with Crippen LogP contribution in [0.1, 0.15) is 5.56 Å². The number of hydrogen-bond acceptors (Lipinski definition) is 2. The second-order valence-corrected chi connectivity index (χ2v) is 4.14. The number of carbonyl (C=O) groups excluding carboxylic acids is 1. The number of hydrogen-bond donors (Lipinski definition) is 2. The molecule has 0 atom stereocenters. The van der Waals surface area contributed by atoms with E-state index >= 15 is 0 Å². The molecule has 0 fully saturated rings. The maximum Gasteiger partial charge on any atom is 0.224 e. The second-order valence-electron chi connectivity index (χ2n) is 2.84. The third-order valence-corrected chi connectivity index (χ3v) is 2.74. The maximum absolute atomic E-state index is 11.4. The zero-order valence-electron chi connectivity index (χ0n) is 7.66. The maximum atomic E-state index is 11.4. The van der Waals surface area contributed by atoms with Crippen LogP contribution in [0.25, 0.3) is 0 Å². The smallest absolute Gasteiger partial charge is 0.224 e. The molecule has 0 saturated carbocycles. The molecule has 0 bridgehead atoms. The van der Waals surface area contributed by atoms with Crippen molar-refractivity contribution >= 4 is 34.5 Å². The molecule has 0 spiro atoms. The van der Waals surface area contributed by atoms with E-state index < -0.39 is 0 Å². The molecular formula is C10H12BrNOS. The van der Waals surface area contributed by atoms with Gasteiger partial charge in [0.15, 0.2) is 0 Å². The Morgan fingerprint density at radius 1 is 1.43 bits per heavy atom. The average molecular weight is 274 g/mol. The Hall–Kier alpha value is -0.480. The summed E-state index contributed by atoms with van der Waals surface area (Å²) in [6.45, 7) is 0.617. The summed E-state index contributed by atoms with van der Waals surface area (Å²) in [6, 6.07) is 7.72. The van der Waals surface area contributed by atoms with E-state index in [1.165, 1.54) is 0 Å². The highest BCUT2D eigenvalue weighted by molar-refractivity contribution is 9.10. The molecule has 0 radical (unpaired) electrons. The summed E-state index contributed by atoms with van der Waals surface area (Å²) in [5.74, 6) is 0.702. The summed E-state index contributed by atoms with van der Waals surface area (Å²) in [5.41, 5.74) is 1.00. The van der Waals surface area contributed by atoms with E-state index in [4.69, 9.17) is 0 Å². The summed E-state index contributed by atoms with van der Waals surface area (Å²) in [5, 5.41) is 2.77. The lowest BCUT2D eigenvalue weighted by Crippen LogP contribution is -2.26. The molecule has 0 aromatic heterocycles. The van der Waals surface area contributed by atoms with E-state index in [-0.39, 0.29) is 5.91 Å². The monoisotopic (exact) mass is 273 g/mol. The fourth-order valence-electron chi connectivity index (χ4n) is 1.07. The predicted molar refractivity (Wildman–Crippen MR) is 64.7 cm³/mol. The van der Waals surface area contributed by atoms with Crippen LogP contribution in [0.4, 0.5) is 0 Å². The molecule has 1 aromatic rings. The Bertz CT molecular complexity index is 317. The lowest BCUT2D eigenvalue weighted by atomic mass is 10.1. The third kappa shape index (κ3) is 3.72. The molecule has 1 aromatic carbocycles. The first kappa shape index (κ1) is 11.6. The average Bonchev–Trinajstić information content (AvgIpc) is 2.18. The highest BCUT2D eigenvalue weighted by Gasteiger charge is 2.04. The summed E-state index contributed by atoms with van der Waals surface area (Å²) in [4.78, 5) is 11.4. The molecular weight excluding hydrogens is 262 g/mol. The summed E-state index contributed by atoms with van der Waals surface area (Å²) < 4.78 is 0.973. The highest BCUT2D eigenvalue weighted by atomic mass is 79.9. The first-order chi connectivity index (χ1) is 6.74. The number of halogens is 1. The van der Waals surface area contributed by atoms with Crippen LogP contribution in [0.3, 0.4) is 0 Å². The van der Waals surface area contributed by atoms with E-state index in [1.54, 1.807) is 0 Å². The van der Waals surface area contributed by atoms with Gasteiger partial charge in [-0.15, -0.1) is 0 Å². The van der Waals surface area contributed by atoms with Gasteiger partial charge in [-0.25, -0.2) is 0 Å². The van der Waals surface area contributed by atoms with E-state index in [0.717, 1.165) is 10.0 Å². The largest absolute Gasteiger partial charge is 0.355 e. The van der Waals surface area contributed by atoms with Crippen molar-refractivity contribution in [2.24, 2.45) is 0 Å². The number of rotatable bonds is 4. The number of amides is 1. The highest BCUT2D eigenvalue weighted by Crippen LogP contribution is 2.15. The topological polar surface area (TPSA) is 29.1 Å². The minimum absolute atomic E-state index is 0.0333. The van der Waals surface area contributed by atoms with Crippen LogP contribution in [0, 0.1) is 0 Å². The first-order valence-electron chi connectivity index (χ1n) is 4.35. The van der Waals surface area contributed by atoms with Gasteiger partial charge in [0.1, 0.15) is 0 Å². The minimum Gasteiger partial charge on any atom is -0.355 e. The number of nitrogens with one attached hydrogen (secondary N) is 1. The van der Waals surface area contributed by atoms with Crippen molar-refractivity contribution in [2.45, 2.75) is 6.42 Å². The van der Waals surface area contributed by atoms with Gasteiger partial charge < -0.3 is 5.32 Å². The van der Waals surface area contributed by atoms with Gasteiger partial charge in [0.2, 0.25) is 5.91 Å². The first-order valence-corrected chi connectivity index (χ1v) is 5.77. The van der Waals surface area contributed by atoms with Crippen molar-refractivity contribution in [1.82, 2.24) is 5.32 Å². The quantitative estimate of drug-likeness (QED) is 0.808. The Morgan fingerprint density at radius 3 is 2.79 bits per heavy atom. The van der Waals surface area contributed by atoms with Crippen molar-refractivity contribution in [2.75, 3.05) is 12.3 Å². The van der Waals surface area contributed by atoms with Gasteiger partial charge in [-0.1, -0.05) is 34.1 Å². The molecule has 76 valence electrons. The van der Waals surface area contributed by atoms with E-state index in [2.05, 4.69) is 33.9 Å². The molecule has 0 heterocycles. The van der Waals surface area contributed by atoms with Crippen LogP contribution in [-0.2, 0) is 11.2 Å². The standard InChI is InChI=1S/C10H12BrNOS/c11-9-4-2-1-3-8(9)7-10(13)12-5-6-14/h1-4,14H,5-7H2,(H,12,13). The van der Waals surface area contributed by atoms with E-state index in [0.29, 0.717) is 18.7 Å². The van der Waals surface area contributed by atoms with Crippen LogP contribution in [-0.4, -0.2) is 18.2 Å². The lowest BCUT2D eigenvalue weighted by Gasteiger charge is -2.04. The van der Waals surface area contributed by atoms with Crippen molar-refractivity contribution in [3.05, 3.63) is 34.3 Å². The summed E-state index contributed by atoms with van der Waals surface area (Å²) >= 11 is 7.42. The molecule has 1 amide bonds. The van der Waals surface area contributed by atoms with Gasteiger partial charge in [-0.05, 0) is 11.6 Å². The van der Waals surface area contributed by atoms with Crippen LogP contribution in [0.15, 0.2) is 28.7 Å². The van der Waals surface area contributed by atoms with Gasteiger partial charge in [-0.2, -0.15) is 12.6 Å². The second kappa shape index (κ2) is 6.09. The molecule has 0 saturated heterocycles. The minimum atomic E-state index is 0.0333. The van der Waals surface area contributed by atoms with Gasteiger partial charge in [0.25, 0.3) is 0 Å². The zero-order chi connectivity index (χ0) is 10.4. The molecule has 1 N–H and O–H groups in total. The van der Waals surface area contributed by atoms with Crippen LogP contribution in [0.5, 0.6) is 0 Å². The third-order valence-electron chi connectivity index (χ3n) is 1.74. The van der Waals surface area contributed by atoms with Crippen molar-refractivity contribution in [3.63, 3.8) is 0 Å². The van der Waals surface area contributed by atoms with Crippen LogP contribution >= 0.6 is 28.6 Å². The van der Waals surface area contributed by atoms with Crippen molar-refractivity contribution < 1.29 is 4.79 Å². The van der Waals surface area contributed by atoms with Crippen molar-refractivity contribution in [3.8, 4) is 0 Å². The molecule has 0 aliphatic heterocycles. The van der Waals surface area contributed by atoms with E-state index in [9.17, 15) is 4.79 Å². The predicted octanol–water partition coefficient (Wildman–Crippen LogP) is 2.04. The van der Waals surface area contributed by atoms with Gasteiger partial charge in [-0.3, -0.25) is 4.79 Å². The van der Waals surface area contributed by atoms with Crippen LogP contribution < -0.4 is 5.32 Å². The molecule has 0 aliphatic carbocycles. The molecule has 0 aliphatic rings. The van der Waals surface area contributed by atoms with Gasteiger partial charge in [0, 0.05) is 16.8 Å². The molecule has 1 rings (SSSR count). The van der Waals surface area contributed by atoms with Gasteiger partial charge >= 0.3 is 0 Å². The Balaban J connectivity index is 2.52. The molecule has 14 heavy (non-hydrogen) atoms. The Morgan fingerprint density at radius 2 is 2.14 bits per heavy atom. The lowest BCUT2D eigenvalue weighted by molar-refractivity contribution is -0.120. The molecule has 4 heteroatoms. The number of thiol groups is 1. The fraction of sp³-hybridized carbons (Fsp3) is 0.300. The van der Waals surface area contributed by atoms with Gasteiger partial charge in [0.05, 0.1) is 6.42 Å². The van der Waals surface area contributed by atoms with Crippen LogP contribution in [0.2, 0.25) is 0 Å². The SMILES string of the molecule is O=C(Cc1ccccc1Br)NCCS. The number of benzene rings is 1. The molecule has 2 nitrogen and oxygen atoms in total. The Kier molecular flexibility index (Phi) is 5.04. The van der Waals surface area contributed by atoms with Crippen molar-refractivity contribution in [1.29, 1.82) is 0 Å². The fourth-order valence-corrected chi connectivity index (χ4v) is 1.61. The Labute approximate surface area is 97.6 Å². The summed E-state index contributed by atoms with van der Waals surface area (Å²) in [7, 11) is 0.